The summed E-state index contributed by atoms with van der Waals surface area (Å²) in [6, 6.07) is 17.1. The minimum Gasteiger partial charge on any atom is -0.507 e. The Hall–Kier alpha value is -3.45. The second-order valence-electron chi connectivity index (χ2n) is 7.37. The minimum atomic E-state index is -0.774. The van der Waals surface area contributed by atoms with Gasteiger partial charge in [0.25, 0.3) is 11.7 Å². The number of aliphatic hydroxyl groups is 1. The molecule has 0 radical (unpaired) electrons. The van der Waals surface area contributed by atoms with Crippen molar-refractivity contribution in [1.29, 1.82) is 0 Å². The molecule has 1 N–H and O–H groups in total. The highest BCUT2D eigenvalue weighted by atomic mass is 79.9. The van der Waals surface area contributed by atoms with Gasteiger partial charge in [-0.3, -0.25) is 19.5 Å². The van der Waals surface area contributed by atoms with Crippen LogP contribution in [0.2, 0.25) is 0 Å². The lowest BCUT2D eigenvalue weighted by Crippen LogP contribution is -2.29. The Morgan fingerprint density at radius 2 is 1.71 bits per heavy atom. The van der Waals surface area contributed by atoms with E-state index in [-0.39, 0.29) is 11.3 Å². The molecule has 3 aromatic rings. The molecule has 1 aliphatic rings. The minimum absolute atomic E-state index is 0.0498. The Morgan fingerprint density at radius 3 is 2.29 bits per heavy atom. The van der Waals surface area contributed by atoms with Crippen LogP contribution in [0.25, 0.3) is 5.76 Å². The molecule has 0 spiro atoms. The molecule has 0 bridgehead atoms. The normalized spacial score (nSPS) is 17.8. The van der Waals surface area contributed by atoms with Crippen molar-refractivity contribution in [2.45, 2.75) is 6.04 Å². The van der Waals surface area contributed by atoms with Crippen molar-refractivity contribution >= 4 is 44.8 Å². The van der Waals surface area contributed by atoms with E-state index >= 15 is 0 Å². The van der Waals surface area contributed by atoms with Gasteiger partial charge in [-0.25, -0.2) is 0 Å². The number of rotatable bonds is 4. The first-order valence-corrected chi connectivity index (χ1v) is 10.4. The summed E-state index contributed by atoms with van der Waals surface area (Å²) < 4.78 is 0.843. The van der Waals surface area contributed by atoms with Crippen molar-refractivity contribution in [1.82, 2.24) is 4.98 Å². The van der Waals surface area contributed by atoms with Crippen LogP contribution in [0.3, 0.4) is 0 Å². The maximum atomic E-state index is 13.1. The Morgan fingerprint density at radius 1 is 1.03 bits per heavy atom. The fourth-order valence-electron chi connectivity index (χ4n) is 3.63. The summed E-state index contributed by atoms with van der Waals surface area (Å²) in [5, 5.41) is 11.1. The molecule has 1 atom stereocenters. The van der Waals surface area contributed by atoms with E-state index in [2.05, 4.69) is 20.9 Å². The lowest BCUT2D eigenvalue weighted by Gasteiger charge is -2.25. The Kier molecular flexibility index (Phi) is 5.61. The summed E-state index contributed by atoms with van der Waals surface area (Å²) in [5.74, 6) is -1.64. The first-order valence-electron chi connectivity index (χ1n) is 9.62. The van der Waals surface area contributed by atoms with E-state index in [1.807, 2.05) is 43.3 Å². The first-order chi connectivity index (χ1) is 14.9. The number of benzene rings is 2. The predicted octanol–water partition coefficient (Wildman–Crippen LogP) is 4.54. The van der Waals surface area contributed by atoms with Gasteiger partial charge < -0.3 is 10.0 Å². The highest BCUT2D eigenvalue weighted by Crippen LogP contribution is 2.42. The molecule has 6 nitrogen and oxygen atoms in total. The van der Waals surface area contributed by atoms with Crippen LogP contribution in [0.1, 0.15) is 17.2 Å². The maximum Gasteiger partial charge on any atom is 0.300 e. The van der Waals surface area contributed by atoms with E-state index in [0.717, 1.165) is 10.2 Å². The van der Waals surface area contributed by atoms with Gasteiger partial charge in [-0.05, 0) is 42.0 Å². The van der Waals surface area contributed by atoms with Crippen molar-refractivity contribution in [2.24, 2.45) is 0 Å². The molecule has 1 amide bonds. The number of carbonyl (C=O) groups is 2. The quantitative estimate of drug-likeness (QED) is 0.339. The van der Waals surface area contributed by atoms with Gasteiger partial charge in [0.2, 0.25) is 0 Å². The first kappa shape index (κ1) is 20.8. The highest BCUT2D eigenvalue weighted by Gasteiger charge is 2.47. The molecule has 2 aromatic carbocycles. The maximum absolute atomic E-state index is 13.1. The molecule has 156 valence electrons. The van der Waals surface area contributed by atoms with Crippen molar-refractivity contribution in [3.8, 4) is 0 Å². The fraction of sp³-hybridized carbons (Fsp3) is 0.125. The largest absolute Gasteiger partial charge is 0.507 e. The average molecular weight is 478 g/mol. The standard InChI is InChI=1S/C24H20BrN3O3/c1-27(2)18-11-7-15(8-12-18)21-20(22(29)16-5-9-17(25)10-6-16)23(30)24(31)28(21)19-4-3-13-26-14-19/h3-14,21,29H,1-2H3. The van der Waals surface area contributed by atoms with Crippen LogP contribution >= 0.6 is 15.9 Å². The summed E-state index contributed by atoms with van der Waals surface area (Å²) in [6.07, 6.45) is 3.13. The van der Waals surface area contributed by atoms with E-state index in [0.29, 0.717) is 16.8 Å². The number of nitrogens with zero attached hydrogens (tertiary/aromatic N) is 3. The molecule has 1 fully saturated rings. The van der Waals surface area contributed by atoms with E-state index < -0.39 is 17.7 Å². The highest BCUT2D eigenvalue weighted by molar-refractivity contribution is 9.10. The number of hydrogen-bond acceptors (Lipinski definition) is 5. The number of ketones is 1. The smallest absolute Gasteiger partial charge is 0.300 e. The third-order valence-electron chi connectivity index (χ3n) is 5.21. The van der Waals surface area contributed by atoms with E-state index in [1.54, 1.807) is 42.6 Å². The topological polar surface area (TPSA) is 73.7 Å². The fourth-order valence-corrected chi connectivity index (χ4v) is 3.89. The molecular weight excluding hydrogens is 458 g/mol. The number of hydrogen-bond donors (Lipinski definition) is 1. The van der Waals surface area contributed by atoms with Crippen LogP contribution in [-0.4, -0.2) is 35.9 Å². The molecule has 4 rings (SSSR count). The zero-order valence-electron chi connectivity index (χ0n) is 17.0. The van der Waals surface area contributed by atoms with Crippen molar-refractivity contribution in [2.75, 3.05) is 23.9 Å². The Balaban J connectivity index is 1.91. The number of aromatic nitrogens is 1. The van der Waals surface area contributed by atoms with Crippen LogP contribution in [-0.2, 0) is 9.59 Å². The summed E-state index contributed by atoms with van der Waals surface area (Å²) in [6.45, 7) is 0. The molecule has 1 unspecified atom stereocenters. The molecule has 1 saturated heterocycles. The third kappa shape index (κ3) is 3.84. The lowest BCUT2D eigenvalue weighted by molar-refractivity contribution is -0.132. The van der Waals surface area contributed by atoms with Gasteiger partial charge in [-0.1, -0.05) is 40.2 Å². The summed E-state index contributed by atoms with van der Waals surface area (Å²) >= 11 is 3.37. The van der Waals surface area contributed by atoms with Crippen molar-refractivity contribution < 1.29 is 14.7 Å². The van der Waals surface area contributed by atoms with Crippen LogP contribution < -0.4 is 9.80 Å². The van der Waals surface area contributed by atoms with E-state index in [9.17, 15) is 14.7 Å². The predicted molar refractivity (Wildman–Crippen MR) is 124 cm³/mol. The van der Waals surface area contributed by atoms with E-state index in [1.165, 1.54) is 11.1 Å². The van der Waals surface area contributed by atoms with Gasteiger partial charge in [0.1, 0.15) is 5.76 Å². The average Bonchev–Trinajstić information content (AvgIpc) is 3.05. The number of halogens is 1. The second-order valence-corrected chi connectivity index (χ2v) is 8.29. The molecule has 7 heteroatoms. The molecule has 1 aliphatic heterocycles. The Bertz CT molecular complexity index is 1160. The number of aliphatic hydroxyl groups excluding tert-OH is 1. The van der Waals surface area contributed by atoms with Gasteiger partial charge in [0.05, 0.1) is 23.5 Å². The second kappa shape index (κ2) is 8.35. The van der Waals surface area contributed by atoms with Gasteiger partial charge in [-0.15, -0.1) is 0 Å². The number of pyridine rings is 1. The van der Waals surface area contributed by atoms with Crippen molar-refractivity contribution in [3.05, 3.63) is 94.2 Å². The van der Waals surface area contributed by atoms with Gasteiger partial charge in [-0.2, -0.15) is 0 Å². The van der Waals surface area contributed by atoms with Gasteiger partial charge >= 0.3 is 0 Å². The molecule has 0 aliphatic carbocycles. The molecule has 0 saturated carbocycles. The molecule has 2 heterocycles. The molecule has 1 aromatic heterocycles. The van der Waals surface area contributed by atoms with Gasteiger partial charge in [0, 0.05) is 36.0 Å². The molecule has 31 heavy (non-hydrogen) atoms. The van der Waals surface area contributed by atoms with Crippen LogP contribution in [0, 0.1) is 0 Å². The monoisotopic (exact) mass is 477 g/mol. The summed E-state index contributed by atoms with van der Waals surface area (Å²) in [4.78, 5) is 33.6. The Labute approximate surface area is 188 Å². The number of anilines is 2. The number of Topliss-reactive ketones (excluding diaryl/α,β-unsaturated/α-hetero) is 1. The van der Waals surface area contributed by atoms with Crippen LogP contribution in [0.4, 0.5) is 11.4 Å². The summed E-state index contributed by atoms with van der Waals surface area (Å²) in [5.41, 5.74) is 2.69. The van der Waals surface area contributed by atoms with E-state index in [4.69, 9.17) is 0 Å². The number of carbonyl (C=O) groups excluding carboxylic acids is 2. The van der Waals surface area contributed by atoms with Crippen molar-refractivity contribution in [3.63, 3.8) is 0 Å². The lowest BCUT2D eigenvalue weighted by atomic mass is 9.95. The zero-order valence-corrected chi connectivity index (χ0v) is 18.6. The van der Waals surface area contributed by atoms with Gasteiger partial charge in [0.15, 0.2) is 0 Å². The summed E-state index contributed by atoms with van der Waals surface area (Å²) in [7, 11) is 3.87. The number of amides is 1. The van der Waals surface area contributed by atoms with Crippen LogP contribution in [0.15, 0.2) is 83.1 Å². The molecular formula is C24H20BrN3O3. The zero-order chi connectivity index (χ0) is 22.1. The third-order valence-corrected chi connectivity index (χ3v) is 5.74. The van der Waals surface area contributed by atoms with Crippen LogP contribution in [0.5, 0.6) is 0 Å². The SMILES string of the molecule is CN(C)c1ccc(C2C(=C(O)c3ccc(Br)cc3)C(=O)C(=O)N2c2cccnc2)cc1.